The number of halogens is 1. The summed E-state index contributed by atoms with van der Waals surface area (Å²) in [7, 11) is 0. The largest absolute Gasteiger partial charge is 0.355 e. The molecule has 0 heterocycles. The molecule has 1 atom stereocenters. The summed E-state index contributed by atoms with van der Waals surface area (Å²) in [5.74, 6) is -0.753. The number of aryl methyl sites for hydroxylation is 1. The van der Waals surface area contributed by atoms with Crippen molar-refractivity contribution in [3.8, 4) is 0 Å². The van der Waals surface area contributed by atoms with Gasteiger partial charge in [0.25, 0.3) is 0 Å². The molecular weight excluding hydrogens is 293 g/mol. The molecule has 1 N–H and O–H groups in total. The molecule has 4 heteroatoms. The molecule has 0 spiro atoms. The summed E-state index contributed by atoms with van der Waals surface area (Å²) in [6, 6.07) is 11.8. The molecule has 1 unspecified atom stereocenters. The lowest BCUT2D eigenvalue weighted by Gasteiger charge is -2.13. The standard InChI is InChI=1S/C19H18FNO2/c1-12-3-2-4-15-17(22)11-16(18(12)15)19(23)21-10-9-13-5-7-14(20)8-6-13/h2-8,16H,9-11H2,1H3,(H,21,23). The second-order valence-corrected chi connectivity index (χ2v) is 5.88. The number of amides is 1. The van der Waals surface area contributed by atoms with Crippen molar-refractivity contribution in [1.29, 1.82) is 0 Å². The van der Waals surface area contributed by atoms with Crippen molar-refractivity contribution in [3.63, 3.8) is 0 Å². The summed E-state index contributed by atoms with van der Waals surface area (Å²) in [4.78, 5) is 24.5. The summed E-state index contributed by atoms with van der Waals surface area (Å²) in [6.45, 7) is 2.40. The van der Waals surface area contributed by atoms with Gasteiger partial charge in [0.05, 0.1) is 5.92 Å². The van der Waals surface area contributed by atoms with Gasteiger partial charge in [-0.1, -0.05) is 30.3 Å². The first-order valence-electron chi connectivity index (χ1n) is 7.71. The quantitative estimate of drug-likeness (QED) is 0.943. The predicted octanol–water partition coefficient (Wildman–Crippen LogP) is 3.16. The second kappa shape index (κ2) is 6.32. The molecule has 2 aromatic carbocycles. The maximum Gasteiger partial charge on any atom is 0.228 e. The van der Waals surface area contributed by atoms with E-state index in [0.717, 1.165) is 16.7 Å². The van der Waals surface area contributed by atoms with Crippen LogP contribution in [0.25, 0.3) is 0 Å². The average Bonchev–Trinajstić information content (AvgIpc) is 2.88. The van der Waals surface area contributed by atoms with Crippen LogP contribution in [0.1, 0.15) is 39.4 Å². The van der Waals surface area contributed by atoms with Crippen LogP contribution in [0.15, 0.2) is 42.5 Å². The van der Waals surface area contributed by atoms with E-state index in [1.54, 1.807) is 18.2 Å². The number of fused-ring (bicyclic) bond motifs is 1. The molecule has 23 heavy (non-hydrogen) atoms. The molecule has 0 saturated carbocycles. The van der Waals surface area contributed by atoms with E-state index in [1.165, 1.54) is 12.1 Å². The lowest BCUT2D eigenvalue weighted by molar-refractivity contribution is -0.122. The Morgan fingerprint density at radius 1 is 1.22 bits per heavy atom. The van der Waals surface area contributed by atoms with Crippen molar-refractivity contribution < 1.29 is 14.0 Å². The zero-order chi connectivity index (χ0) is 16.4. The van der Waals surface area contributed by atoms with Gasteiger partial charge < -0.3 is 5.32 Å². The Morgan fingerprint density at radius 3 is 2.70 bits per heavy atom. The number of Topliss-reactive ketones (excluding diaryl/α,β-unsaturated/α-hetero) is 1. The minimum absolute atomic E-state index is 0.0300. The van der Waals surface area contributed by atoms with E-state index < -0.39 is 5.92 Å². The molecule has 0 aliphatic heterocycles. The van der Waals surface area contributed by atoms with E-state index in [4.69, 9.17) is 0 Å². The Morgan fingerprint density at radius 2 is 1.96 bits per heavy atom. The highest BCUT2D eigenvalue weighted by molar-refractivity contribution is 6.07. The average molecular weight is 311 g/mol. The molecule has 1 aliphatic rings. The number of hydrogen-bond donors (Lipinski definition) is 1. The Balaban J connectivity index is 1.64. The van der Waals surface area contributed by atoms with Gasteiger partial charge in [-0.3, -0.25) is 9.59 Å². The lowest BCUT2D eigenvalue weighted by atomic mass is 9.96. The fourth-order valence-corrected chi connectivity index (χ4v) is 3.11. The van der Waals surface area contributed by atoms with Gasteiger partial charge in [0.1, 0.15) is 5.82 Å². The Hall–Kier alpha value is -2.49. The molecule has 3 rings (SSSR count). The molecule has 1 amide bonds. The number of carbonyl (C=O) groups excluding carboxylic acids is 2. The van der Waals surface area contributed by atoms with Gasteiger partial charge in [0.15, 0.2) is 5.78 Å². The van der Waals surface area contributed by atoms with Crippen LogP contribution in [0, 0.1) is 12.7 Å². The Bertz CT molecular complexity index is 752. The van der Waals surface area contributed by atoms with Gasteiger partial charge in [-0.15, -0.1) is 0 Å². The third kappa shape index (κ3) is 3.16. The summed E-state index contributed by atoms with van der Waals surface area (Å²) in [6.07, 6.45) is 0.871. The minimum Gasteiger partial charge on any atom is -0.355 e. The molecule has 0 bridgehead atoms. The van der Waals surface area contributed by atoms with Crippen LogP contribution in [0.2, 0.25) is 0 Å². The lowest BCUT2D eigenvalue weighted by Crippen LogP contribution is -2.30. The Labute approximate surface area is 134 Å². The number of benzene rings is 2. The van der Waals surface area contributed by atoms with Gasteiger partial charge >= 0.3 is 0 Å². The predicted molar refractivity (Wildman–Crippen MR) is 86.0 cm³/mol. The number of hydrogen-bond acceptors (Lipinski definition) is 2. The molecular formula is C19H18FNO2. The van der Waals surface area contributed by atoms with Crippen molar-refractivity contribution >= 4 is 11.7 Å². The fraction of sp³-hybridized carbons (Fsp3) is 0.263. The zero-order valence-corrected chi connectivity index (χ0v) is 12.9. The third-order valence-electron chi connectivity index (χ3n) is 4.31. The third-order valence-corrected chi connectivity index (χ3v) is 4.31. The summed E-state index contributed by atoms with van der Waals surface area (Å²) < 4.78 is 12.9. The van der Waals surface area contributed by atoms with Crippen molar-refractivity contribution in [2.75, 3.05) is 6.54 Å². The summed E-state index contributed by atoms with van der Waals surface area (Å²) >= 11 is 0. The zero-order valence-electron chi connectivity index (χ0n) is 12.9. The van der Waals surface area contributed by atoms with Crippen LogP contribution in [0.3, 0.4) is 0 Å². The van der Waals surface area contributed by atoms with E-state index in [1.807, 2.05) is 19.1 Å². The van der Waals surface area contributed by atoms with Crippen molar-refractivity contribution in [2.45, 2.75) is 25.7 Å². The van der Waals surface area contributed by atoms with E-state index in [9.17, 15) is 14.0 Å². The van der Waals surface area contributed by atoms with Crippen LogP contribution < -0.4 is 5.32 Å². The fourth-order valence-electron chi connectivity index (χ4n) is 3.11. The van der Waals surface area contributed by atoms with Gasteiger partial charge in [0, 0.05) is 18.5 Å². The molecule has 1 aliphatic carbocycles. The van der Waals surface area contributed by atoms with Gasteiger partial charge in [-0.2, -0.15) is 0 Å². The molecule has 0 saturated heterocycles. The smallest absolute Gasteiger partial charge is 0.228 e. The van der Waals surface area contributed by atoms with Crippen molar-refractivity contribution in [3.05, 3.63) is 70.5 Å². The monoisotopic (exact) mass is 311 g/mol. The first kappa shape index (κ1) is 15.4. The maximum atomic E-state index is 12.9. The molecule has 3 nitrogen and oxygen atoms in total. The molecule has 0 fully saturated rings. The van der Waals surface area contributed by atoms with Crippen LogP contribution in [0.4, 0.5) is 4.39 Å². The van der Waals surface area contributed by atoms with Crippen LogP contribution >= 0.6 is 0 Å². The van der Waals surface area contributed by atoms with E-state index in [0.29, 0.717) is 18.5 Å². The van der Waals surface area contributed by atoms with E-state index in [-0.39, 0.29) is 23.9 Å². The van der Waals surface area contributed by atoms with Crippen LogP contribution in [-0.2, 0) is 11.2 Å². The number of rotatable bonds is 4. The second-order valence-electron chi connectivity index (χ2n) is 5.88. The van der Waals surface area contributed by atoms with Gasteiger partial charge in [-0.05, 0) is 42.2 Å². The highest BCUT2D eigenvalue weighted by Crippen LogP contribution is 2.35. The highest BCUT2D eigenvalue weighted by atomic mass is 19.1. The Kier molecular flexibility index (Phi) is 4.24. The highest BCUT2D eigenvalue weighted by Gasteiger charge is 2.35. The SMILES string of the molecule is Cc1cccc2c1C(C(=O)NCCc1ccc(F)cc1)CC2=O. The number of ketones is 1. The maximum absolute atomic E-state index is 12.9. The number of nitrogens with one attached hydrogen (secondary N) is 1. The van der Waals surface area contributed by atoms with Crippen LogP contribution in [-0.4, -0.2) is 18.2 Å². The normalized spacial score (nSPS) is 16.3. The number of carbonyl (C=O) groups is 2. The van der Waals surface area contributed by atoms with E-state index >= 15 is 0 Å². The van der Waals surface area contributed by atoms with E-state index in [2.05, 4.69) is 5.32 Å². The van der Waals surface area contributed by atoms with Crippen molar-refractivity contribution in [2.24, 2.45) is 0 Å². The molecule has 0 aromatic heterocycles. The van der Waals surface area contributed by atoms with Gasteiger partial charge in [-0.25, -0.2) is 4.39 Å². The molecule has 0 radical (unpaired) electrons. The molecule has 118 valence electrons. The van der Waals surface area contributed by atoms with Crippen LogP contribution in [0.5, 0.6) is 0 Å². The first-order chi connectivity index (χ1) is 11.1. The van der Waals surface area contributed by atoms with Crippen molar-refractivity contribution in [1.82, 2.24) is 5.32 Å². The molecule has 2 aromatic rings. The summed E-state index contributed by atoms with van der Waals surface area (Å²) in [5.41, 5.74) is 3.47. The summed E-state index contributed by atoms with van der Waals surface area (Å²) in [5, 5.41) is 2.89. The minimum atomic E-state index is -0.396. The first-order valence-corrected chi connectivity index (χ1v) is 7.71. The van der Waals surface area contributed by atoms with Gasteiger partial charge in [0.2, 0.25) is 5.91 Å². The topological polar surface area (TPSA) is 46.2 Å².